The third-order valence-electron chi connectivity index (χ3n) is 3.45. The summed E-state index contributed by atoms with van der Waals surface area (Å²) in [6, 6.07) is 3.57. The minimum absolute atomic E-state index is 0.0304. The summed E-state index contributed by atoms with van der Waals surface area (Å²) < 4.78 is 5.45. The SMILES string of the molecule is CCCNC(=O)C1COCCN1Cc1ccnc(NN)c1. The number of rotatable bonds is 6. The van der Waals surface area contributed by atoms with Crippen LogP contribution in [0.15, 0.2) is 18.3 Å². The van der Waals surface area contributed by atoms with E-state index in [0.29, 0.717) is 32.1 Å². The third kappa shape index (κ3) is 4.38. The number of nitrogen functional groups attached to an aromatic ring is 1. The molecule has 1 fully saturated rings. The standard InChI is InChI=1S/C14H23N5O2/c1-2-4-17-14(20)12-10-21-7-6-19(12)9-11-3-5-16-13(8-11)18-15/h3,5,8,12H,2,4,6-7,9-10,15H2,1H3,(H,16,18)(H,17,20). The van der Waals surface area contributed by atoms with E-state index in [0.717, 1.165) is 18.5 Å². The number of aromatic nitrogens is 1. The van der Waals surface area contributed by atoms with Crippen LogP contribution in [-0.2, 0) is 16.1 Å². The number of hydrazine groups is 1. The van der Waals surface area contributed by atoms with E-state index >= 15 is 0 Å². The lowest BCUT2D eigenvalue weighted by atomic mass is 10.1. The van der Waals surface area contributed by atoms with E-state index in [-0.39, 0.29) is 11.9 Å². The van der Waals surface area contributed by atoms with E-state index in [1.165, 1.54) is 0 Å². The molecular weight excluding hydrogens is 270 g/mol. The van der Waals surface area contributed by atoms with Gasteiger partial charge in [-0.2, -0.15) is 0 Å². The fraction of sp³-hybridized carbons (Fsp3) is 0.571. The van der Waals surface area contributed by atoms with Crippen molar-refractivity contribution in [1.82, 2.24) is 15.2 Å². The van der Waals surface area contributed by atoms with Gasteiger partial charge in [-0.1, -0.05) is 6.92 Å². The van der Waals surface area contributed by atoms with Gasteiger partial charge in [-0.25, -0.2) is 10.8 Å². The van der Waals surface area contributed by atoms with Crippen LogP contribution in [0.25, 0.3) is 0 Å². The average Bonchev–Trinajstić information content (AvgIpc) is 2.53. The molecule has 0 spiro atoms. The van der Waals surface area contributed by atoms with Gasteiger partial charge in [-0.3, -0.25) is 9.69 Å². The van der Waals surface area contributed by atoms with Gasteiger partial charge in [-0.15, -0.1) is 0 Å². The third-order valence-corrected chi connectivity index (χ3v) is 3.45. The molecule has 0 saturated carbocycles. The molecule has 1 aromatic rings. The van der Waals surface area contributed by atoms with Crippen molar-refractivity contribution in [2.45, 2.75) is 25.9 Å². The van der Waals surface area contributed by atoms with Crippen LogP contribution in [0.1, 0.15) is 18.9 Å². The minimum Gasteiger partial charge on any atom is -0.378 e. The van der Waals surface area contributed by atoms with Crippen molar-refractivity contribution in [3.63, 3.8) is 0 Å². The minimum atomic E-state index is -0.243. The van der Waals surface area contributed by atoms with Crippen molar-refractivity contribution in [3.8, 4) is 0 Å². The van der Waals surface area contributed by atoms with E-state index in [4.69, 9.17) is 10.6 Å². The molecular formula is C14H23N5O2. The van der Waals surface area contributed by atoms with E-state index in [9.17, 15) is 4.79 Å². The Hall–Kier alpha value is -1.70. The van der Waals surface area contributed by atoms with Crippen LogP contribution >= 0.6 is 0 Å². The second-order valence-corrected chi connectivity index (χ2v) is 5.05. The number of morpholine rings is 1. The van der Waals surface area contributed by atoms with Gasteiger partial charge in [0.2, 0.25) is 5.91 Å². The summed E-state index contributed by atoms with van der Waals surface area (Å²) in [7, 11) is 0. The Labute approximate surface area is 124 Å². The van der Waals surface area contributed by atoms with Crippen molar-refractivity contribution in [2.24, 2.45) is 5.84 Å². The van der Waals surface area contributed by atoms with Gasteiger partial charge in [-0.05, 0) is 24.1 Å². The molecule has 0 aliphatic carbocycles. The van der Waals surface area contributed by atoms with Crippen molar-refractivity contribution in [1.29, 1.82) is 0 Å². The van der Waals surface area contributed by atoms with Crippen molar-refractivity contribution < 1.29 is 9.53 Å². The number of nitrogens with two attached hydrogens (primary N) is 1. The first-order valence-electron chi connectivity index (χ1n) is 7.25. The average molecular weight is 293 g/mol. The van der Waals surface area contributed by atoms with Crippen LogP contribution in [-0.4, -0.2) is 48.1 Å². The van der Waals surface area contributed by atoms with E-state index in [2.05, 4.69) is 20.6 Å². The molecule has 0 radical (unpaired) electrons. The van der Waals surface area contributed by atoms with Crippen LogP contribution in [0.2, 0.25) is 0 Å². The molecule has 7 heteroatoms. The smallest absolute Gasteiger partial charge is 0.239 e. The first-order chi connectivity index (χ1) is 10.2. The first kappa shape index (κ1) is 15.7. The Morgan fingerprint density at radius 1 is 1.62 bits per heavy atom. The monoisotopic (exact) mass is 293 g/mol. The summed E-state index contributed by atoms with van der Waals surface area (Å²) in [5.74, 6) is 6.02. The lowest BCUT2D eigenvalue weighted by Gasteiger charge is -2.34. The summed E-state index contributed by atoms with van der Waals surface area (Å²) in [6.07, 6.45) is 2.63. The quantitative estimate of drug-likeness (QED) is 0.509. The molecule has 1 saturated heterocycles. The molecule has 1 amide bonds. The molecule has 7 nitrogen and oxygen atoms in total. The molecule has 1 aliphatic heterocycles. The normalized spacial score (nSPS) is 19.2. The number of hydrogen-bond donors (Lipinski definition) is 3. The maximum absolute atomic E-state index is 12.2. The summed E-state index contributed by atoms with van der Waals surface area (Å²) in [5, 5.41) is 2.94. The van der Waals surface area contributed by atoms with Gasteiger partial charge in [0.1, 0.15) is 11.9 Å². The van der Waals surface area contributed by atoms with E-state index in [1.54, 1.807) is 6.20 Å². The van der Waals surface area contributed by atoms with Gasteiger partial charge < -0.3 is 15.5 Å². The molecule has 1 aromatic heterocycles. The highest BCUT2D eigenvalue weighted by Gasteiger charge is 2.29. The van der Waals surface area contributed by atoms with E-state index < -0.39 is 0 Å². The van der Waals surface area contributed by atoms with Gasteiger partial charge in [0.15, 0.2) is 0 Å². The molecule has 1 aliphatic rings. The molecule has 0 aromatic carbocycles. The zero-order chi connectivity index (χ0) is 15.1. The summed E-state index contributed by atoms with van der Waals surface area (Å²) in [6.45, 7) is 5.21. The van der Waals surface area contributed by atoms with Gasteiger partial charge in [0, 0.05) is 25.8 Å². The number of pyridine rings is 1. The van der Waals surface area contributed by atoms with E-state index in [1.807, 2.05) is 19.1 Å². The van der Waals surface area contributed by atoms with Crippen molar-refractivity contribution >= 4 is 11.7 Å². The topological polar surface area (TPSA) is 92.5 Å². The fourth-order valence-corrected chi connectivity index (χ4v) is 2.32. The van der Waals surface area contributed by atoms with Crippen LogP contribution in [0.5, 0.6) is 0 Å². The number of nitrogens with one attached hydrogen (secondary N) is 2. The van der Waals surface area contributed by atoms with Gasteiger partial charge >= 0.3 is 0 Å². The molecule has 21 heavy (non-hydrogen) atoms. The molecule has 0 bridgehead atoms. The number of ether oxygens (including phenoxy) is 1. The predicted octanol–water partition coefficient (Wildman–Crippen LogP) is 0.0942. The number of amides is 1. The Morgan fingerprint density at radius 3 is 3.24 bits per heavy atom. The fourth-order valence-electron chi connectivity index (χ4n) is 2.32. The maximum atomic E-state index is 12.2. The molecule has 1 atom stereocenters. The number of carbonyl (C=O) groups excluding carboxylic acids is 1. The number of anilines is 1. The van der Waals surface area contributed by atoms with Gasteiger partial charge in [0.05, 0.1) is 13.2 Å². The molecule has 2 heterocycles. The Morgan fingerprint density at radius 2 is 2.48 bits per heavy atom. The van der Waals surface area contributed by atoms with Crippen molar-refractivity contribution in [3.05, 3.63) is 23.9 Å². The Kier molecular flexibility index (Phi) is 5.91. The summed E-state index contributed by atoms with van der Waals surface area (Å²) in [4.78, 5) is 18.4. The highest BCUT2D eigenvalue weighted by Crippen LogP contribution is 2.14. The summed E-state index contributed by atoms with van der Waals surface area (Å²) in [5.41, 5.74) is 3.60. The summed E-state index contributed by atoms with van der Waals surface area (Å²) >= 11 is 0. The Balaban J connectivity index is 2.02. The number of nitrogens with zero attached hydrogens (tertiary/aromatic N) is 2. The molecule has 116 valence electrons. The van der Waals surface area contributed by atoms with Gasteiger partial charge in [0.25, 0.3) is 0 Å². The highest BCUT2D eigenvalue weighted by molar-refractivity contribution is 5.82. The number of carbonyl (C=O) groups is 1. The zero-order valence-corrected chi connectivity index (χ0v) is 12.3. The molecule has 4 N–H and O–H groups in total. The second-order valence-electron chi connectivity index (χ2n) is 5.05. The zero-order valence-electron chi connectivity index (χ0n) is 12.3. The Bertz CT molecular complexity index is 468. The largest absolute Gasteiger partial charge is 0.378 e. The van der Waals surface area contributed by atoms with Crippen molar-refractivity contribution in [2.75, 3.05) is 31.7 Å². The highest BCUT2D eigenvalue weighted by atomic mass is 16.5. The maximum Gasteiger partial charge on any atom is 0.239 e. The van der Waals surface area contributed by atoms with Crippen LogP contribution < -0.4 is 16.6 Å². The second kappa shape index (κ2) is 7.92. The first-order valence-corrected chi connectivity index (χ1v) is 7.25. The molecule has 2 rings (SSSR count). The van der Waals surface area contributed by atoms with Crippen LogP contribution in [0.3, 0.4) is 0 Å². The number of hydrogen-bond acceptors (Lipinski definition) is 6. The molecule has 1 unspecified atom stereocenters. The lowest BCUT2D eigenvalue weighted by molar-refractivity contribution is -0.132. The predicted molar refractivity (Wildman–Crippen MR) is 80.4 cm³/mol. The lowest BCUT2D eigenvalue weighted by Crippen LogP contribution is -2.53. The van der Waals surface area contributed by atoms with Crippen LogP contribution in [0.4, 0.5) is 5.82 Å². The van der Waals surface area contributed by atoms with Crippen LogP contribution in [0, 0.1) is 0 Å².